The van der Waals surface area contributed by atoms with E-state index in [1.807, 2.05) is 0 Å². The van der Waals surface area contributed by atoms with Crippen LogP contribution in [-0.2, 0) is 5.41 Å². The molecular weight excluding hydrogens is 713 g/mol. The number of hydrogen-bond donors (Lipinski definition) is 0. The Hall–Kier alpha value is -3.10. The Morgan fingerprint density at radius 3 is 1.06 bits per heavy atom. The largest absolute Gasteiger partial charge is 0.460 e. The van der Waals surface area contributed by atoms with Gasteiger partial charge in [-0.3, -0.25) is 4.98 Å². The third-order valence-electron chi connectivity index (χ3n) is 7.16. The lowest BCUT2D eigenvalue weighted by molar-refractivity contribution is -0.474. The van der Waals surface area contributed by atoms with Crippen LogP contribution in [0.4, 0.5) is 92.2 Å². The molecule has 47 heavy (non-hydrogen) atoms. The summed E-state index contributed by atoms with van der Waals surface area (Å²) in [6.45, 7) is 2.00. The molecule has 0 saturated heterocycles. The molecule has 0 fully saturated rings. The van der Waals surface area contributed by atoms with Gasteiger partial charge in [0.1, 0.15) is 0 Å². The molecule has 1 unspecified atom stereocenters. The first-order valence-corrected chi connectivity index (χ1v) is 12.0. The maximum Gasteiger partial charge on any atom is 0.460 e. The van der Waals surface area contributed by atoms with E-state index in [0.29, 0.717) is 12.5 Å². The van der Waals surface area contributed by atoms with Gasteiger partial charge in [-0.2, -0.15) is 92.2 Å². The van der Waals surface area contributed by atoms with Gasteiger partial charge in [0.25, 0.3) is 0 Å². The van der Waals surface area contributed by atoms with E-state index in [1.165, 1.54) is 6.92 Å². The Kier molecular flexibility index (Phi) is 9.57. The van der Waals surface area contributed by atoms with Gasteiger partial charge in [0.15, 0.2) is 0 Å². The van der Waals surface area contributed by atoms with Gasteiger partial charge in [-0.1, -0.05) is 36.8 Å². The summed E-state index contributed by atoms with van der Waals surface area (Å²) in [5, 5.41) is 0. The molecule has 0 bridgehead atoms. The summed E-state index contributed by atoms with van der Waals surface area (Å²) in [5.41, 5.74) is -3.34. The Bertz CT molecular complexity index is 1400. The van der Waals surface area contributed by atoms with Crippen LogP contribution in [0.1, 0.15) is 30.0 Å². The van der Waals surface area contributed by atoms with Gasteiger partial charge < -0.3 is 0 Å². The number of aromatic nitrogens is 1. The quantitative estimate of drug-likeness (QED) is 0.198. The molecule has 1 aromatic heterocycles. The Morgan fingerprint density at radius 2 is 0.723 bits per heavy atom. The second-order valence-corrected chi connectivity index (χ2v) is 10.4. The summed E-state index contributed by atoms with van der Waals surface area (Å²) in [6.07, 6.45) is -9.17. The summed E-state index contributed by atoms with van der Waals surface area (Å²) in [4.78, 5) is 3.47. The molecule has 268 valence electrons. The van der Waals surface area contributed by atoms with Gasteiger partial charge in [-0.25, -0.2) is 0 Å². The van der Waals surface area contributed by atoms with E-state index < -0.39 is 82.4 Å². The molecule has 1 nitrogen and oxygen atoms in total. The van der Waals surface area contributed by atoms with E-state index in [9.17, 15) is 83.4 Å². The second kappa shape index (κ2) is 11.2. The Balaban J connectivity index is 2.74. The molecule has 22 heteroatoms. The number of halogens is 21. The summed E-state index contributed by atoms with van der Waals surface area (Å²) in [7, 11) is 0. The van der Waals surface area contributed by atoms with Crippen LogP contribution in [0.15, 0.2) is 48.8 Å². The van der Waals surface area contributed by atoms with Crippen LogP contribution in [0.25, 0.3) is 0 Å². The van der Waals surface area contributed by atoms with Crippen LogP contribution in [0.2, 0.25) is 0 Å². The Labute approximate surface area is 248 Å². The fraction of sp³-hybridized carbons (Fsp3) is 0.560. The zero-order valence-corrected chi connectivity index (χ0v) is 22.7. The van der Waals surface area contributed by atoms with Crippen LogP contribution < -0.4 is 0 Å². The third-order valence-corrected chi connectivity index (χ3v) is 7.16. The first-order valence-electron chi connectivity index (χ1n) is 12.0. The monoisotopic (exact) mass is 729 g/mol. The maximum absolute atomic E-state index is 15.1. The summed E-state index contributed by atoms with van der Waals surface area (Å²) < 4.78 is 290. The van der Waals surface area contributed by atoms with Crippen LogP contribution >= 0.6 is 0 Å². The fourth-order valence-electron chi connectivity index (χ4n) is 4.16. The average molecular weight is 729 g/mol. The van der Waals surface area contributed by atoms with E-state index in [2.05, 4.69) is 4.98 Å². The molecule has 0 aliphatic carbocycles. The van der Waals surface area contributed by atoms with Crippen molar-refractivity contribution in [2.24, 2.45) is 0 Å². The number of nitrogens with zero attached hydrogens (tertiary/aromatic N) is 1. The molecule has 1 heterocycles. The van der Waals surface area contributed by atoms with Crippen LogP contribution in [-0.4, -0.2) is 64.5 Å². The molecule has 0 aliphatic heterocycles. The molecule has 0 radical (unpaired) electrons. The van der Waals surface area contributed by atoms with Gasteiger partial charge in [0, 0.05) is 24.2 Å². The van der Waals surface area contributed by atoms with Crippen molar-refractivity contribution >= 4 is 0 Å². The van der Waals surface area contributed by atoms with Gasteiger partial charge >= 0.3 is 59.5 Å². The molecule has 0 amide bonds. The molecule has 2 rings (SSSR count). The number of hydrogen-bond acceptors (Lipinski definition) is 1. The number of pyridine rings is 1. The van der Waals surface area contributed by atoms with E-state index in [4.69, 9.17) is 0 Å². The molecule has 0 spiro atoms. The second-order valence-electron chi connectivity index (χ2n) is 10.4. The molecule has 2 aromatic rings. The third kappa shape index (κ3) is 5.53. The van der Waals surface area contributed by atoms with E-state index >= 15 is 8.78 Å². The van der Waals surface area contributed by atoms with Crippen molar-refractivity contribution < 1.29 is 92.2 Å². The van der Waals surface area contributed by atoms with Gasteiger partial charge in [0.2, 0.25) is 0 Å². The highest BCUT2D eigenvalue weighted by Crippen LogP contribution is 2.66. The van der Waals surface area contributed by atoms with Gasteiger partial charge in [-0.15, -0.1) is 0 Å². The minimum atomic E-state index is -9.20. The highest BCUT2D eigenvalue weighted by atomic mass is 19.4. The molecule has 1 aromatic carbocycles. The van der Waals surface area contributed by atoms with Crippen LogP contribution in [0, 0.1) is 6.92 Å². The lowest BCUT2D eigenvalue weighted by Crippen LogP contribution is -2.77. The van der Waals surface area contributed by atoms with Crippen molar-refractivity contribution in [2.45, 2.75) is 85.2 Å². The van der Waals surface area contributed by atoms with Crippen molar-refractivity contribution in [3.05, 3.63) is 65.5 Å². The molecule has 0 saturated carbocycles. The maximum atomic E-state index is 15.1. The fourth-order valence-corrected chi connectivity index (χ4v) is 4.16. The number of benzene rings is 1. The molecule has 0 aliphatic rings. The topological polar surface area (TPSA) is 12.9 Å². The van der Waals surface area contributed by atoms with E-state index in [0.717, 1.165) is 48.8 Å². The first-order chi connectivity index (χ1) is 20.6. The normalized spacial score (nSPS) is 16.7. The van der Waals surface area contributed by atoms with Crippen molar-refractivity contribution in [1.29, 1.82) is 0 Å². The predicted octanol–water partition coefficient (Wildman–Crippen LogP) is 10.4. The summed E-state index contributed by atoms with van der Waals surface area (Å²) in [6, 6.07) is 5.71. The van der Waals surface area contributed by atoms with Crippen molar-refractivity contribution in [3.63, 3.8) is 0 Å². The van der Waals surface area contributed by atoms with Crippen LogP contribution in [0.5, 0.6) is 0 Å². The van der Waals surface area contributed by atoms with Gasteiger partial charge in [0.05, 0.1) is 0 Å². The Morgan fingerprint density at radius 1 is 0.426 bits per heavy atom. The molecular formula is C25H16F21N. The van der Waals surface area contributed by atoms with Crippen molar-refractivity contribution in [2.75, 3.05) is 0 Å². The van der Waals surface area contributed by atoms with Crippen molar-refractivity contribution in [3.8, 4) is 0 Å². The zero-order valence-electron chi connectivity index (χ0n) is 22.7. The van der Waals surface area contributed by atoms with Gasteiger partial charge in [-0.05, 0) is 30.2 Å². The number of aryl methyl sites for hydroxylation is 1. The SMILES string of the molecule is Cc1ccc(C(C)(CC(F)(F)C(F)(F)C(F)(F)C(F)(F)C(F)(F)C(F)(F)C(F)(F)C(F)(F)C(F)(F)C(F)(F)F)c2ccncc2)cc1. The smallest absolute Gasteiger partial charge is 0.265 e. The highest BCUT2D eigenvalue weighted by Gasteiger charge is 2.97. The number of rotatable bonds is 12. The number of alkyl halides is 21. The van der Waals surface area contributed by atoms with E-state index in [1.54, 1.807) is 0 Å². The minimum Gasteiger partial charge on any atom is -0.265 e. The lowest BCUT2D eigenvalue weighted by atomic mass is 9.70. The standard InChI is InChI=1S/C25H16F21N/c1-12-3-5-13(6-4-12)15(2,14-7-9-47-10-8-14)11-16(26,27)17(28,29)18(30,31)19(32,33)20(34,35)21(36,37)22(38,39)23(40,41)24(42,43)25(44,45)46/h3-10H,11H2,1-2H3. The van der Waals surface area contributed by atoms with Crippen LogP contribution in [0.3, 0.4) is 0 Å². The lowest BCUT2D eigenvalue weighted by Gasteiger charge is -2.45. The van der Waals surface area contributed by atoms with Crippen molar-refractivity contribution in [1.82, 2.24) is 4.98 Å². The zero-order chi connectivity index (χ0) is 37.3. The minimum absolute atomic E-state index is 0.368. The molecule has 0 N–H and O–H groups in total. The predicted molar refractivity (Wildman–Crippen MR) is 117 cm³/mol. The highest BCUT2D eigenvalue weighted by molar-refractivity contribution is 5.39. The average Bonchev–Trinajstić information content (AvgIpc) is 2.92. The van der Waals surface area contributed by atoms with E-state index in [-0.39, 0.29) is 0 Å². The molecule has 1 atom stereocenters. The summed E-state index contributed by atoms with van der Waals surface area (Å²) >= 11 is 0. The first kappa shape index (κ1) is 40.1. The summed E-state index contributed by atoms with van der Waals surface area (Å²) in [5.74, 6) is -77.3.